The van der Waals surface area contributed by atoms with Crippen LogP contribution in [0.5, 0.6) is 5.75 Å². The molecule has 1 amide bonds. The average Bonchev–Trinajstić information content (AvgIpc) is 3.73. The fourth-order valence-electron chi connectivity index (χ4n) is 7.50. The van der Waals surface area contributed by atoms with Crippen molar-refractivity contribution in [2.45, 2.75) is 69.9 Å². The van der Waals surface area contributed by atoms with Crippen LogP contribution in [0.1, 0.15) is 55.4 Å². The van der Waals surface area contributed by atoms with E-state index < -0.39 is 93.1 Å². The number of likely N-dealkylation sites (N-methyl/N-ethyl adjacent to an activating group) is 1. The summed E-state index contributed by atoms with van der Waals surface area (Å²) >= 11 is 0. The number of Topliss-reactive ketones (excluding diaryl/α,β-unsaturated/α-hetero) is 2. The number of primary amides is 1. The van der Waals surface area contributed by atoms with Gasteiger partial charge in [0, 0.05) is 24.1 Å². The number of aliphatic hydroxyl groups excluding tert-OH is 2. The molecule has 0 bridgehead atoms. The number of halogens is 3. The Bertz CT molecular complexity index is 1480. The maximum absolute atomic E-state index is 14.8. The lowest BCUT2D eigenvalue weighted by molar-refractivity contribution is -0.153. The molecular formula is C30H36F3N3O7. The molecule has 5 atom stereocenters. The molecule has 10 nitrogen and oxygen atoms in total. The van der Waals surface area contributed by atoms with E-state index in [1.807, 2.05) is 18.7 Å². The molecule has 1 aromatic rings. The van der Waals surface area contributed by atoms with Crippen LogP contribution in [0.15, 0.2) is 23.0 Å². The number of aromatic hydroxyl groups is 1. The molecule has 43 heavy (non-hydrogen) atoms. The number of rotatable bonds is 7. The van der Waals surface area contributed by atoms with Gasteiger partial charge in [-0.05, 0) is 82.3 Å². The second kappa shape index (κ2) is 10.3. The van der Waals surface area contributed by atoms with Gasteiger partial charge >= 0.3 is 6.18 Å². The number of hydrogen-bond donors (Lipinski definition) is 5. The Morgan fingerprint density at radius 3 is 2.33 bits per heavy atom. The van der Waals surface area contributed by atoms with Crippen LogP contribution in [-0.4, -0.2) is 86.0 Å². The van der Waals surface area contributed by atoms with Gasteiger partial charge in [-0.2, -0.15) is 13.2 Å². The number of hydrogen-bond acceptors (Lipinski definition) is 9. The van der Waals surface area contributed by atoms with Crippen molar-refractivity contribution in [2.75, 3.05) is 20.6 Å². The predicted octanol–water partition coefficient (Wildman–Crippen LogP) is 2.60. The van der Waals surface area contributed by atoms with Gasteiger partial charge in [-0.3, -0.25) is 24.2 Å². The summed E-state index contributed by atoms with van der Waals surface area (Å²) < 4.78 is 44.4. The maximum atomic E-state index is 14.8. The maximum Gasteiger partial charge on any atom is 0.417 e. The van der Waals surface area contributed by atoms with Crippen molar-refractivity contribution in [3.05, 3.63) is 45.2 Å². The fraction of sp³-hybridized carbons (Fsp3) is 0.567. The first-order valence-corrected chi connectivity index (χ1v) is 14.3. The second-order valence-electron chi connectivity index (χ2n) is 12.4. The van der Waals surface area contributed by atoms with Crippen LogP contribution < -0.4 is 5.73 Å². The topological polar surface area (TPSA) is 165 Å². The van der Waals surface area contributed by atoms with Crippen LogP contribution in [0.25, 0.3) is 5.76 Å². The number of phenols is 1. The molecule has 234 valence electrons. The lowest BCUT2D eigenvalue weighted by Gasteiger charge is -2.50. The molecule has 1 aromatic carbocycles. The third-order valence-corrected chi connectivity index (χ3v) is 9.75. The smallest absolute Gasteiger partial charge is 0.417 e. The summed E-state index contributed by atoms with van der Waals surface area (Å²) in [7, 11) is 2.89. The first-order valence-electron chi connectivity index (χ1n) is 14.3. The van der Waals surface area contributed by atoms with Gasteiger partial charge in [0.25, 0.3) is 5.91 Å². The van der Waals surface area contributed by atoms with Crippen LogP contribution in [0, 0.1) is 17.8 Å². The van der Waals surface area contributed by atoms with E-state index >= 15 is 0 Å². The molecule has 6 N–H and O–H groups in total. The molecule has 0 aromatic heterocycles. The fourth-order valence-corrected chi connectivity index (χ4v) is 7.50. The summed E-state index contributed by atoms with van der Waals surface area (Å²) in [5, 5.41) is 44.9. The number of ketones is 2. The van der Waals surface area contributed by atoms with E-state index in [0.29, 0.717) is 12.5 Å². The Morgan fingerprint density at radius 1 is 1.19 bits per heavy atom. The third-order valence-electron chi connectivity index (χ3n) is 9.75. The van der Waals surface area contributed by atoms with E-state index in [4.69, 9.17) is 5.73 Å². The standard InChI is InChI=1S/C30H36F3N3O7/c1-5-36(12(2)13-6-7-13)11-15-10-18(37)20-16(22(15)30(31,32)33)8-14-9-17-23(35(3)4)25(39)21(28(34)42)27(41)29(17,43)26(40)19(14)24(20)38/h10,12-14,17,23,37-38,41,43H,5-9,11H2,1-4H3,(H2,34,42)/t12-,14+,17+,23+,29+/m1/s1. The minimum atomic E-state index is -4.88. The van der Waals surface area contributed by atoms with E-state index in [0.717, 1.165) is 18.9 Å². The largest absolute Gasteiger partial charge is 0.508 e. The molecule has 0 saturated heterocycles. The molecule has 0 aliphatic heterocycles. The van der Waals surface area contributed by atoms with Crippen molar-refractivity contribution in [1.29, 1.82) is 0 Å². The van der Waals surface area contributed by atoms with Crippen LogP contribution in [0.3, 0.4) is 0 Å². The van der Waals surface area contributed by atoms with Crippen molar-refractivity contribution < 1.29 is 48.0 Å². The Labute approximate surface area is 246 Å². The van der Waals surface area contributed by atoms with Gasteiger partial charge in [0.05, 0.1) is 17.2 Å². The van der Waals surface area contributed by atoms with Crippen LogP contribution in [0.2, 0.25) is 0 Å². The van der Waals surface area contributed by atoms with Crippen LogP contribution >= 0.6 is 0 Å². The molecule has 5 rings (SSSR count). The molecule has 0 radical (unpaired) electrons. The predicted molar refractivity (Wildman–Crippen MR) is 148 cm³/mol. The van der Waals surface area contributed by atoms with Gasteiger partial charge in [0.15, 0.2) is 11.4 Å². The summed E-state index contributed by atoms with van der Waals surface area (Å²) in [5.41, 5.74) is -1.16. The van der Waals surface area contributed by atoms with Crippen molar-refractivity contribution in [3.63, 3.8) is 0 Å². The number of fused-ring (bicyclic) bond motifs is 3. The molecule has 2 fully saturated rings. The lowest BCUT2D eigenvalue weighted by Crippen LogP contribution is -2.65. The summed E-state index contributed by atoms with van der Waals surface area (Å²) in [4.78, 5) is 42.5. The highest BCUT2D eigenvalue weighted by Gasteiger charge is 2.64. The SMILES string of the molecule is CCN(Cc1cc(O)c2c(c1C(F)(F)F)C[C@H]1C[C@H]3[C@H](N(C)C)C(=O)C(C(N)=O)=C(O)[C@@]3(O)C(=O)C1=C2O)[C@H](C)C1CC1. The highest BCUT2D eigenvalue weighted by Crippen LogP contribution is 2.54. The molecule has 4 aliphatic carbocycles. The van der Waals surface area contributed by atoms with Crippen LogP contribution in [0.4, 0.5) is 13.2 Å². The molecule has 0 spiro atoms. The molecule has 2 saturated carbocycles. The van der Waals surface area contributed by atoms with Gasteiger partial charge in [-0.15, -0.1) is 0 Å². The van der Waals surface area contributed by atoms with E-state index in [-0.39, 0.29) is 30.1 Å². The van der Waals surface area contributed by atoms with Gasteiger partial charge in [0.2, 0.25) is 5.78 Å². The number of carbonyl (C=O) groups excluding carboxylic acids is 3. The second-order valence-corrected chi connectivity index (χ2v) is 12.4. The van der Waals surface area contributed by atoms with Crippen molar-refractivity contribution in [1.82, 2.24) is 9.80 Å². The highest BCUT2D eigenvalue weighted by molar-refractivity contribution is 6.24. The quantitative estimate of drug-likeness (QED) is 0.293. The van der Waals surface area contributed by atoms with Gasteiger partial charge in [0.1, 0.15) is 22.8 Å². The van der Waals surface area contributed by atoms with Gasteiger partial charge < -0.3 is 26.2 Å². The first kappa shape index (κ1) is 31.0. The lowest BCUT2D eigenvalue weighted by atomic mass is 9.57. The number of nitrogens with zero attached hydrogens (tertiary/aromatic N) is 2. The number of aliphatic hydroxyl groups is 3. The number of carbonyl (C=O) groups is 3. The third kappa shape index (κ3) is 4.63. The van der Waals surface area contributed by atoms with Crippen molar-refractivity contribution in [2.24, 2.45) is 23.5 Å². The van der Waals surface area contributed by atoms with E-state index in [1.165, 1.54) is 19.0 Å². The monoisotopic (exact) mass is 607 g/mol. The molecule has 13 heteroatoms. The number of alkyl halides is 3. The minimum Gasteiger partial charge on any atom is -0.508 e. The zero-order valence-corrected chi connectivity index (χ0v) is 24.3. The summed E-state index contributed by atoms with van der Waals surface area (Å²) in [6.07, 6.45) is -3.63. The number of benzene rings is 1. The average molecular weight is 608 g/mol. The molecular weight excluding hydrogens is 571 g/mol. The van der Waals surface area contributed by atoms with E-state index in [9.17, 15) is 48.0 Å². The Hall–Kier alpha value is -3.42. The van der Waals surface area contributed by atoms with Gasteiger partial charge in [-0.1, -0.05) is 6.92 Å². The Kier molecular flexibility index (Phi) is 7.46. The summed E-state index contributed by atoms with van der Waals surface area (Å²) in [6, 6.07) is -0.354. The van der Waals surface area contributed by atoms with Crippen molar-refractivity contribution >= 4 is 23.2 Å². The normalized spacial score (nSPS) is 28.3. The first-order chi connectivity index (χ1) is 20.0. The van der Waals surface area contributed by atoms with Crippen molar-refractivity contribution in [3.8, 4) is 5.75 Å². The highest BCUT2D eigenvalue weighted by atomic mass is 19.4. The number of phenolic OH excluding ortho intramolecular Hbond substituents is 1. The molecule has 4 aliphatic rings. The zero-order valence-electron chi connectivity index (χ0n) is 24.3. The van der Waals surface area contributed by atoms with E-state index in [1.54, 1.807) is 0 Å². The van der Waals surface area contributed by atoms with E-state index in [2.05, 4.69) is 0 Å². The molecule has 0 unspecified atom stereocenters. The number of amides is 1. The summed E-state index contributed by atoms with van der Waals surface area (Å²) in [5.74, 6) is -8.58. The minimum absolute atomic E-state index is 0.0237. The Balaban J connectivity index is 1.70. The molecule has 0 heterocycles. The zero-order chi connectivity index (χ0) is 31.9. The number of nitrogens with two attached hydrogens (primary N) is 1. The summed E-state index contributed by atoms with van der Waals surface area (Å²) in [6.45, 7) is 4.19. The Morgan fingerprint density at radius 2 is 1.81 bits per heavy atom. The van der Waals surface area contributed by atoms with Gasteiger partial charge in [-0.25, -0.2) is 0 Å². The van der Waals surface area contributed by atoms with Crippen LogP contribution in [-0.2, 0) is 33.5 Å².